The van der Waals surface area contributed by atoms with Crippen molar-refractivity contribution in [3.8, 4) is 10.7 Å². The van der Waals surface area contributed by atoms with Crippen molar-refractivity contribution in [2.75, 3.05) is 11.9 Å². The molecule has 7 heteroatoms. The predicted molar refractivity (Wildman–Crippen MR) is 108 cm³/mol. The van der Waals surface area contributed by atoms with Crippen LogP contribution in [0.1, 0.15) is 26.7 Å². The van der Waals surface area contributed by atoms with Gasteiger partial charge in [-0.3, -0.25) is 9.59 Å². The van der Waals surface area contributed by atoms with E-state index in [2.05, 4.69) is 15.3 Å². The highest BCUT2D eigenvalue weighted by Gasteiger charge is 2.34. The maximum absolute atomic E-state index is 12.8. The van der Waals surface area contributed by atoms with Gasteiger partial charge in [0.2, 0.25) is 11.8 Å². The average Bonchev–Trinajstić information content (AvgIpc) is 3.38. The number of benzene rings is 1. The maximum atomic E-state index is 12.8. The molecule has 140 valence electrons. The number of H-pyrrole nitrogens is 1. The van der Waals surface area contributed by atoms with Crippen LogP contribution < -0.4 is 5.32 Å². The predicted octanol–water partition coefficient (Wildman–Crippen LogP) is 3.88. The molecular weight excluding hydrogens is 360 g/mol. The lowest BCUT2D eigenvalue weighted by Gasteiger charge is -2.25. The number of nitrogens with zero attached hydrogens (tertiary/aromatic N) is 2. The summed E-state index contributed by atoms with van der Waals surface area (Å²) >= 11 is 1.63. The van der Waals surface area contributed by atoms with Crippen LogP contribution in [0.4, 0.5) is 5.69 Å². The number of aromatic amines is 1. The summed E-state index contributed by atoms with van der Waals surface area (Å²) in [4.78, 5) is 35.8. The van der Waals surface area contributed by atoms with E-state index in [9.17, 15) is 9.59 Å². The van der Waals surface area contributed by atoms with Crippen molar-refractivity contribution in [2.45, 2.75) is 32.7 Å². The Kier molecular flexibility index (Phi) is 4.70. The first-order valence-electron chi connectivity index (χ1n) is 9.18. The topological polar surface area (TPSA) is 78.1 Å². The number of carbonyl (C=O) groups is 2. The summed E-state index contributed by atoms with van der Waals surface area (Å²) in [5.74, 6) is 0.638. The Morgan fingerprint density at radius 3 is 2.93 bits per heavy atom. The van der Waals surface area contributed by atoms with E-state index >= 15 is 0 Å². The van der Waals surface area contributed by atoms with Crippen LogP contribution in [0.5, 0.6) is 0 Å². The Labute approximate surface area is 161 Å². The Morgan fingerprint density at radius 2 is 2.19 bits per heavy atom. The number of fused-ring (bicyclic) bond motifs is 1. The molecule has 1 atom stereocenters. The van der Waals surface area contributed by atoms with Gasteiger partial charge in [-0.05, 0) is 42.5 Å². The van der Waals surface area contributed by atoms with Crippen molar-refractivity contribution >= 4 is 39.9 Å². The first-order valence-corrected chi connectivity index (χ1v) is 10.1. The highest BCUT2D eigenvalue weighted by Crippen LogP contribution is 2.27. The SMILES string of the molecule is CC(C)C(=O)N1CCCC1C(=O)Nc1ccc2nc(-c3cccs3)[nH]c2c1. The Balaban J connectivity index is 1.52. The molecular formula is C20H22N4O2S. The van der Waals surface area contributed by atoms with Crippen molar-refractivity contribution < 1.29 is 9.59 Å². The van der Waals surface area contributed by atoms with Crippen molar-refractivity contribution in [3.63, 3.8) is 0 Å². The summed E-state index contributed by atoms with van der Waals surface area (Å²) in [5.41, 5.74) is 2.43. The minimum Gasteiger partial charge on any atom is -0.337 e. The van der Waals surface area contributed by atoms with Crippen LogP contribution in [0.15, 0.2) is 35.7 Å². The van der Waals surface area contributed by atoms with Crippen LogP contribution in [-0.2, 0) is 9.59 Å². The van der Waals surface area contributed by atoms with E-state index < -0.39 is 0 Å². The van der Waals surface area contributed by atoms with Gasteiger partial charge in [-0.1, -0.05) is 19.9 Å². The molecule has 1 aliphatic heterocycles. The summed E-state index contributed by atoms with van der Waals surface area (Å²) in [5, 5.41) is 4.98. The van der Waals surface area contributed by atoms with Crippen LogP contribution in [0.3, 0.4) is 0 Å². The van der Waals surface area contributed by atoms with Crippen molar-refractivity contribution in [1.82, 2.24) is 14.9 Å². The normalized spacial score (nSPS) is 17.0. The monoisotopic (exact) mass is 382 g/mol. The molecule has 1 unspecified atom stereocenters. The molecule has 0 bridgehead atoms. The first-order chi connectivity index (χ1) is 13.0. The second-order valence-electron chi connectivity index (χ2n) is 7.13. The van der Waals surface area contributed by atoms with E-state index in [1.54, 1.807) is 16.2 Å². The number of anilines is 1. The molecule has 6 nitrogen and oxygen atoms in total. The molecule has 27 heavy (non-hydrogen) atoms. The molecule has 2 aromatic heterocycles. The van der Waals surface area contributed by atoms with Gasteiger partial charge in [0.15, 0.2) is 0 Å². The average molecular weight is 382 g/mol. The van der Waals surface area contributed by atoms with Crippen molar-refractivity contribution in [3.05, 3.63) is 35.7 Å². The molecule has 2 N–H and O–H groups in total. The quantitative estimate of drug-likeness (QED) is 0.719. The number of nitrogens with one attached hydrogen (secondary N) is 2. The molecule has 2 amide bonds. The van der Waals surface area contributed by atoms with Gasteiger partial charge < -0.3 is 15.2 Å². The highest BCUT2D eigenvalue weighted by molar-refractivity contribution is 7.13. The Hall–Kier alpha value is -2.67. The fraction of sp³-hybridized carbons (Fsp3) is 0.350. The highest BCUT2D eigenvalue weighted by atomic mass is 32.1. The molecule has 4 rings (SSSR count). The summed E-state index contributed by atoms with van der Waals surface area (Å²) in [6.07, 6.45) is 1.57. The minimum atomic E-state index is -0.390. The summed E-state index contributed by atoms with van der Waals surface area (Å²) in [7, 11) is 0. The minimum absolute atomic E-state index is 0.0391. The van der Waals surface area contributed by atoms with E-state index in [1.165, 1.54) is 0 Å². The van der Waals surface area contributed by atoms with Crippen LogP contribution in [0.2, 0.25) is 0 Å². The smallest absolute Gasteiger partial charge is 0.247 e. The molecule has 3 heterocycles. The lowest BCUT2D eigenvalue weighted by Crippen LogP contribution is -2.44. The third-order valence-electron chi connectivity index (χ3n) is 4.84. The second-order valence-corrected chi connectivity index (χ2v) is 8.08. The molecule has 0 radical (unpaired) electrons. The van der Waals surface area contributed by atoms with Crippen molar-refractivity contribution in [1.29, 1.82) is 0 Å². The number of thiophene rings is 1. The molecule has 0 saturated carbocycles. The van der Waals surface area contributed by atoms with Crippen molar-refractivity contribution in [2.24, 2.45) is 5.92 Å². The van der Waals surface area contributed by atoms with Gasteiger partial charge in [0.05, 0.1) is 15.9 Å². The molecule has 1 saturated heterocycles. The van der Waals surface area contributed by atoms with Crippen LogP contribution in [-0.4, -0.2) is 39.3 Å². The van der Waals surface area contributed by atoms with Gasteiger partial charge in [-0.15, -0.1) is 11.3 Å². The molecule has 1 aliphatic rings. The van der Waals surface area contributed by atoms with E-state index in [4.69, 9.17) is 0 Å². The fourth-order valence-electron chi connectivity index (χ4n) is 3.48. The second kappa shape index (κ2) is 7.15. The molecule has 1 fully saturated rings. The Bertz CT molecular complexity index is 977. The van der Waals surface area contributed by atoms with E-state index in [1.807, 2.05) is 49.6 Å². The number of rotatable bonds is 4. The number of aromatic nitrogens is 2. The number of amides is 2. The summed E-state index contributed by atoms with van der Waals surface area (Å²) < 4.78 is 0. The third kappa shape index (κ3) is 3.47. The number of imidazole rings is 1. The van der Waals surface area contributed by atoms with Crippen LogP contribution >= 0.6 is 11.3 Å². The van der Waals surface area contributed by atoms with Gasteiger partial charge in [-0.2, -0.15) is 0 Å². The zero-order valence-corrected chi connectivity index (χ0v) is 16.2. The summed E-state index contributed by atoms with van der Waals surface area (Å²) in [6.45, 7) is 4.39. The van der Waals surface area contributed by atoms with Gasteiger partial charge in [0, 0.05) is 18.2 Å². The van der Waals surface area contributed by atoms with E-state index in [0.29, 0.717) is 18.7 Å². The first kappa shape index (κ1) is 17.7. The molecule has 0 spiro atoms. The lowest BCUT2D eigenvalue weighted by molar-refractivity contribution is -0.139. The number of hydrogen-bond acceptors (Lipinski definition) is 4. The van der Waals surface area contributed by atoms with Gasteiger partial charge in [-0.25, -0.2) is 4.98 Å². The number of likely N-dealkylation sites (tertiary alicyclic amines) is 1. The largest absolute Gasteiger partial charge is 0.337 e. The van der Waals surface area contributed by atoms with Crippen LogP contribution in [0.25, 0.3) is 21.7 Å². The number of hydrogen-bond donors (Lipinski definition) is 2. The lowest BCUT2D eigenvalue weighted by atomic mass is 10.1. The number of carbonyl (C=O) groups excluding carboxylic acids is 2. The molecule has 1 aromatic carbocycles. The van der Waals surface area contributed by atoms with Gasteiger partial charge >= 0.3 is 0 Å². The summed E-state index contributed by atoms with van der Waals surface area (Å²) in [6, 6.07) is 9.25. The molecule has 3 aromatic rings. The molecule has 0 aliphatic carbocycles. The maximum Gasteiger partial charge on any atom is 0.247 e. The zero-order valence-electron chi connectivity index (χ0n) is 15.4. The Morgan fingerprint density at radius 1 is 1.33 bits per heavy atom. The van der Waals surface area contributed by atoms with E-state index in [-0.39, 0.29) is 23.8 Å². The van der Waals surface area contributed by atoms with Crippen LogP contribution in [0, 0.1) is 5.92 Å². The standard InChI is InChI=1S/C20H22N4O2S/c1-12(2)20(26)24-9-3-5-16(24)19(25)21-13-7-8-14-15(11-13)23-18(22-14)17-6-4-10-27-17/h4,6-8,10-12,16H,3,5,9H2,1-2H3,(H,21,25)(H,22,23). The van der Waals surface area contributed by atoms with Gasteiger partial charge in [0.1, 0.15) is 11.9 Å². The zero-order chi connectivity index (χ0) is 19.0. The van der Waals surface area contributed by atoms with Gasteiger partial charge in [0.25, 0.3) is 0 Å². The third-order valence-corrected chi connectivity index (χ3v) is 5.71. The fourth-order valence-corrected chi connectivity index (χ4v) is 4.15. The van der Waals surface area contributed by atoms with E-state index in [0.717, 1.165) is 28.2 Å².